The van der Waals surface area contributed by atoms with Gasteiger partial charge in [0, 0.05) is 17.5 Å². The van der Waals surface area contributed by atoms with E-state index in [9.17, 15) is 9.90 Å². The van der Waals surface area contributed by atoms with Crippen molar-refractivity contribution in [2.45, 2.75) is 26.5 Å². The number of fused-ring (bicyclic) bond motifs is 1. The Labute approximate surface area is 131 Å². The molecule has 8 nitrogen and oxygen atoms in total. The van der Waals surface area contributed by atoms with Crippen molar-refractivity contribution in [3.63, 3.8) is 0 Å². The van der Waals surface area contributed by atoms with E-state index in [1.165, 1.54) is 10.7 Å². The summed E-state index contributed by atoms with van der Waals surface area (Å²) in [6.45, 7) is 3.90. The van der Waals surface area contributed by atoms with Crippen molar-refractivity contribution in [2.24, 2.45) is 0 Å². The number of nitrogens with zero attached hydrogens (tertiary/aromatic N) is 4. The van der Waals surface area contributed by atoms with Gasteiger partial charge in [-0.05, 0) is 42.0 Å². The van der Waals surface area contributed by atoms with Gasteiger partial charge in [-0.2, -0.15) is 0 Å². The lowest BCUT2D eigenvalue weighted by molar-refractivity contribution is 0.0882. The minimum absolute atomic E-state index is 0.0703. The largest absolute Gasteiger partial charge is 0.491 e. The molecule has 0 spiro atoms. The number of aryl methyl sites for hydroxylation is 2. The molecule has 3 aromatic rings. The molecule has 1 N–H and O–H groups in total. The second-order valence-corrected chi connectivity index (χ2v) is 5.28. The van der Waals surface area contributed by atoms with Gasteiger partial charge in [0.2, 0.25) is 0 Å². The van der Waals surface area contributed by atoms with Crippen molar-refractivity contribution in [3.8, 4) is 5.75 Å². The molecular formula is C15H16N4O4. The first-order valence-corrected chi connectivity index (χ1v) is 7.11. The summed E-state index contributed by atoms with van der Waals surface area (Å²) < 4.78 is 12.2. The molecule has 120 valence electrons. The molecule has 0 amide bonds. The van der Waals surface area contributed by atoms with Gasteiger partial charge in [0.15, 0.2) is 0 Å². The maximum absolute atomic E-state index is 11.4. The van der Waals surface area contributed by atoms with Gasteiger partial charge in [-0.3, -0.25) is 0 Å². The van der Waals surface area contributed by atoms with Crippen molar-refractivity contribution in [3.05, 3.63) is 46.1 Å². The molecule has 0 bridgehead atoms. The zero-order valence-electron chi connectivity index (χ0n) is 12.8. The molecule has 0 aliphatic carbocycles. The highest BCUT2D eigenvalue weighted by Gasteiger charge is 2.11. The highest BCUT2D eigenvalue weighted by atomic mass is 16.5. The molecule has 2 aromatic heterocycles. The number of aliphatic hydroxyl groups excluding tert-OH is 1. The lowest BCUT2D eigenvalue weighted by atomic mass is 10.1. The number of rotatable bonds is 5. The Morgan fingerprint density at radius 3 is 2.91 bits per heavy atom. The highest BCUT2D eigenvalue weighted by molar-refractivity contribution is 5.81. The van der Waals surface area contributed by atoms with Gasteiger partial charge in [0.25, 0.3) is 0 Å². The number of aliphatic hydroxyl groups is 1. The van der Waals surface area contributed by atoms with Crippen LogP contribution in [0.5, 0.6) is 5.75 Å². The van der Waals surface area contributed by atoms with Crippen molar-refractivity contribution in [1.82, 2.24) is 20.2 Å². The van der Waals surface area contributed by atoms with Crippen molar-refractivity contribution in [2.75, 3.05) is 6.61 Å². The number of ether oxygens (including phenoxy) is 1. The zero-order chi connectivity index (χ0) is 16.4. The molecule has 0 aliphatic heterocycles. The zero-order valence-corrected chi connectivity index (χ0v) is 12.8. The minimum Gasteiger partial charge on any atom is -0.491 e. The van der Waals surface area contributed by atoms with Crippen molar-refractivity contribution in [1.29, 1.82) is 0 Å². The Morgan fingerprint density at radius 2 is 2.17 bits per heavy atom. The minimum atomic E-state index is -0.766. The predicted molar refractivity (Wildman–Crippen MR) is 81.3 cm³/mol. The summed E-state index contributed by atoms with van der Waals surface area (Å²) in [5.41, 5.74) is 0.900. The second kappa shape index (κ2) is 6.17. The first-order valence-electron chi connectivity index (χ1n) is 7.11. The smallest absolute Gasteiger partial charge is 0.336 e. The quantitative estimate of drug-likeness (QED) is 0.695. The third kappa shape index (κ3) is 3.37. The summed E-state index contributed by atoms with van der Waals surface area (Å²) in [7, 11) is 0. The molecule has 2 heterocycles. The number of tetrazole rings is 1. The Morgan fingerprint density at radius 1 is 1.35 bits per heavy atom. The lowest BCUT2D eigenvalue weighted by Gasteiger charge is -2.13. The first kappa shape index (κ1) is 15.2. The molecule has 0 saturated heterocycles. The van der Waals surface area contributed by atoms with Crippen molar-refractivity contribution >= 4 is 11.0 Å². The van der Waals surface area contributed by atoms with E-state index in [-0.39, 0.29) is 13.2 Å². The van der Waals surface area contributed by atoms with Gasteiger partial charge in [-0.15, -0.1) is 5.10 Å². The van der Waals surface area contributed by atoms with E-state index < -0.39 is 11.7 Å². The van der Waals surface area contributed by atoms with Crippen LogP contribution in [0.25, 0.3) is 11.0 Å². The summed E-state index contributed by atoms with van der Waals surface area (Å²) in [6.07, 6.45) is -0.766. The molecule has 0 radical (unpaired) electrons. The van der Waals surface area contributed by atoms with E-state index >= 15 is 0 Å². The maximum Gasteiger partial charge on any atom is 0.336 e. The van der Waals surface area contributed by atoms with E-state index in [4.69, 9.17) is 9.15 Å². The van der Waals surface area contributed by atoms with Crippen LogP contribution in [0.15, 0.2) is 33.5 Å². The second-order valence-electron chi connectivity index (χ2n) is 5.28. The van der Waals surface area contributed by atoms with Gasteiger partial charge in [0.1, 0.15) is 29.9 Å². The fraction of sp³-hybridized carbons (Fsp3) is 0.333. The van der Waals surface area contributed by atoms with Crippen LogP contribution >= 0.6 is 0 Å². The van der Waals surface area contributed by atoms with Crippen LogP contribution in [0.1, 0.15) is 11.4 Å². The topological polar surface area (TPSA) is 103 Å². The fourth-order valence-corrected chi connectivity index (χ4v) is 2.26. The van der Waals surface area contributed by atoms with E-state index in [1.807, 2.05) is 13.0 Å². The normalized spacial score (nSPS) is 12.5. The Balaban J connectivity index is 1.69. The van der Waals surface area contributed by atoms with Crippen LogP contribution in [-0.4, -0.2) is 38.0 Å². The van der Waals surface area contributed by atoms with Gasteiger partial charge in [-0.1, -0.05) is 0 Å². The SMILES string of the molecule is Cc1cc(=O)oc2cc(OCC(O)Cn3nnnc3C)ccc12. The van der Waals surface area contributed by atoms with E-state index in [0.717, 1.165) is 10.9 Å². The van der Waals surface area contributed by atoms with Gasteiger partial charge >= 0.3 is 5.63 Å². The number of hydrogen-bond donors (Lipinski definition) is 1. The third-order valence-electron chi connectivity index (χ3n) is 3.46. The molecule has 8 heteroatoms. The molecule has 3 rings (SSSR count). The summed E-state index contributed by atoms with van der Waals surface area (Å²) in [6, 6.07) is 6.67. The van der Waals surface area contributed by atoms with Crippen LogP contribution in [-0.2, 0) is 6.54 Å². The van der Waals surface area contributed by atoms with Crippen LogP contribution in [0.4, 0.5) is 0 Å². The maximum atomic E-state index is 11.4. The van der Waals surface area contributed by atoms with Crippen LogP contribution < -0.4 is 10.4 Å². The summed E-state index contributed by atoms with van der Waals surface area (Å²) in [4.78, 5) is 11.4. The van der Waals surface area contributed by atoms with Gasteiger partial charge in [-0.25, -0.2) is 9.48 Å². The molecule has 0 aliphatic rings. The average molecular weight is 316 g/mol. The number of hydrogen-bond acceptors (Lipinski definition) is 7. The van der Waals surface area contributed by atoms with Gasteiger partial charge in [0.05, 0.1) is 6.54 Å². The van der Waals surface area contributed by atoms with E-state index in [2.05, 4.69) is 15.5 Å². The highest BCUT2D eigenvalue weighted by Crippen LogP contribution is 2.22. The van der Waals surface area contributed by atoms with E-state index in [0.29, 0.717) is 17.2 Å². The monoisotopic (exact) mass is 316 g/mol. The van der Waals surface area contributed by atoms with Crippen LogP contribution in [0.3, 0.4) is 0 Å². The Hall–Kier alpha value is -2.74. The summed E-state index contributed by atoms with van der Waals surface area (Å²) in [5.74, 6) is 1.13. The van der Waals surface area contributed by atoms with Crippen molar-refractivity contribution < 1.29 is 14.3 Å². The Bertz CT molecular complexity index is 887. The first-order chi connectivity index (χ1) is 11.0. The van der Waals surface area contributed by atoms with Crippen LogP contribution in [0, 0.1) is 13.8 Å². The number of benzene rings is 1. The molecule has 0 fully saturated rings. The summed E-state index contributed by atoms with van der Waals surface area (Å²) >= 11 is 0. The summed E-state index contributed by atoms with van der Waals surface area (Å²) in [5, 5.41) is 21.9. The standard InChI is InChI=1S/C15H16N4O4/c1-9-5-15(21)23-14-6-12(3-4-13(9)14)22-8-11(20)7-19-10(2)16-17-18-19/h3-6,11,20H,7-8H2,1-2H3. The van der Waals surface area contributed by atoms with E-state index in [1.54, 1.807) is 19.1 Å². The molecule has 1 aromatic carbocycles. The molecule has 0 saturated carbocycles. The third-order valence-corrected chi connectivity index (χ3v) is 3.46. The Kier molecular flexibility index (Phi) is 4.07. The van der Waals surface area contributed by atoms with Crippen LogP contribution in [0.2, 0.25) is 0 Å². The fourth-order valence-electron chi connectivity index (χ4n) is 2.26. The lowest BCUT2D eigenvalue weighted by Crippen LogP contribution is -2.24. The molecular weight excluding hydrogens is 300 g/mol. The molecule has 1 atom stereocenters. The number of aromatic nitrogens is 4. The molecule has 23 heavy (non-hydrogen) atoms. The molecule has 1 unspecified atom stereocenters. The predicted octanol–water partition coefficient (Wildman–Crippen LogP) is 0.836. The van der Waals surface area contributed by atoms with Gasteiger partial charge < -0.3 is 14.3 Å². The average Bonchev–Trinajstić information content (AvgIpc) is 2.90.